The van der Waals surface area contributed by atoms with Crippen molar-refractivity contribution in [2.75, 3.05) is 10.6 Å². The summed E-state index contributed by atoms with van der Waals surface area (Å²) in [6.45, 7) is 6.23. The largest absolute Gasteiger partial charge is 0.324 e. The van der Waals surface area contributed by atoms with Gasteiger partial charge < -0.3 is 10.6 Å². The zero-order valence-electron chi connectivity index (χ0n) is 15.2. The minimum Gasteiger partial charge on any atom is -0.324 e. The third kappa shape index (κ3) is 4.25. The van der Waals surface area contributed by atoms with E-state index in [-0.39, 0.29) is 5.91 Å². The molecular formula is C21H22N4O. The fraction of sp³-hybridized carbons (Fsp3) is 0.190. The second kappa shape index (κ2) is 7.78. The van der Waals surface area contributed by atoms with Crippen molar-refractivity contribution >= 4 is 23.2 Å². The summed E-state index contributed by atoms with van der Waals surface area (Å²) in [6, 6.07) is 15.7. The van der Waals surface area contributed by atoms with Gasteiger partial charge in [-0.15, -0.1) is 0 Å². The number of carbonyl (C=O) groups is 1. The van der Waals surface area contributed by atoms with Crippen LogP contribution in [0, 0.1) is 6.92 Å². The Bertz CT molecular complexity index is 887. The number of aromatic nitrogens is 2. The Morgan fingerprint density at radius 2 is 1.62 bits per heavy atom. The van der Waals surface area contributed by atoms with Crippen LogP contribution in [0.1, 0.15) is 41.3 Å². The van der Waals surface area contributed by atoms with Gasteiger partial charge in [0.05, 0.1) is 5.56 Å². The molecule has 0 spiro atoms. The fourth-order valence-corrected chi connectivity index (χ4v) is 2.58. The van der Waals surface area contributed by atoms with Gasteiger partial charge in [0.15, 0.2) is 0 Å². The summed E-state index contributed by atoms with van der Waals surface area (Å²) in [5, 5.41) is 6.06. The van der Waals surface area contributed by atoms with Crippen LogP contribution < -0.4 is 10.6 Å². The van der Waals surface area contributed by atoms with Crippen LogP contribution in [0.4, 0.5) is 17.3 Å². The van der Waals surface area contributed by atoms with Gasteiger partial charge in [-0.05, 0) is 36.6 Å². The number of benzene rings is 2. The number of nitrogens with zero attached hydrogens (tertiary/aromatic N) is 2. The highest BCUT2D eigenvalue weighted by atomic mass is 16.1. The van der Waals surface area contributed by atoms with Crippen molar-refractivity contribution in [1.29, 1.82) is 0 Å². The second-order valence-corrected chi connectivity index (χ2v) is 6.48. The fourth-order valence-electron chi connectivity index (χ4n) is 2.58. The Kier molecular flexibility index (Phi) is 5.27. The number of aryl methyl sites for hydroxylation is 1. The highest BCUT2D eigenvalue weighted by molar-refractivity contribution is 6.04. The molecule has 0 fully saturated rings. The number of hydrogen-bond donors (Lipinski definition) is 2. The average molecular weight is 346 g/mol. The van der Waals surface area contributed by atoms with Crippen LogP contribution in [0.5, 0.6) is 0 Å². The topological polar surface area (TPSA) is 66.9 Å². The Labute approximate surface area is 153 Å². The molecule has 3 rings (SSSR count). The first-order valence-corrected chi connectivity index (χ1v) is 8.59. The van der Waals surface area contributed by atoms with Crippen molar-refractivity contribution in [3.8, 4) is 0 Å². The van der Waals surface area contributed by atoms with Crippen LogP contribution in [-0.2, 0) is 0 Å². The smallest absolute Gasteiger partial charge is 0.258 e. The molecule has 5 heteroatoms. The van der Waals surface area contributed by atoms with Crippen molar-refractivity contribution in [1.82, 2.24) is 9.97 Å². The Balaban J connectivity index is 1.70. The van der Waals surface area contributed by atoms with Crippen LogP contribution in [0.2, 0.25) is 0 Å². The van der Waals surface area contributed by atoms with Gasteiger partial charge in [0.2, 0.25) is 5.95 Å². The molecule has 1 aromatic heterocycles. The molecule has 2 N–H and O–H groups in total. The van der Waals surface area contributed by atoms with Crippen molar-refractivity contribution in [2.45, 2.75) is 26.7 Å². The summed E-state index contributed by atoms with van der Waals surface area (Å²) in [5.74, 6) is 0.553. The number of nitrogens with one attached hydrogen (secondary N) is 2. The molecule has 5 nitrogen and oxygen atoms in total. The monoisotopic (exact) mass is 346 g/mol. The van der Waals surface area contributed by atoms with Crippen molar-refractivity contribution in [2.24, 2.45) is 0 Å². The number of rotatable bonds is 5. The maximum absolute atomic E-state index is 12.5. The minimum atomic E-state index is -0.222. The zero-order chi connectivity index (χ0) is 18.5. The SMILES string of the molecule is Cc1ccc(Nc2ncc(C(=O)Nc3ccccc3C(C)C)cn2)cc1. The standard InChI is InChI=1S/C21H22N4O/c1-14(2)18-6-4-5-7-19(18)25-20(26)16-12-22-21(23-13-16)24-17-10-8-15(3)9-11-17/h4-14H,1-3H3,(H,25,26)(H,22,23,24). The first kappa shape index (κ1) is 17.6. The molecule has 26 heavy (non-hydrogen) atoms. The molecule has 3 aromatic rings. The van der Waals surface area contributed by atoms with Crippen molar-refractivity contribution in [3.05, 3.63) is 77.6 Å². The molecule has 2 aromatic carbocycles. The van der Waals surface area contributed by atoms with Gasteiger partial charge in [-0.25, -0.2) is 9.97 Å². The molecule has 0 aliphatic rings. The highest BCUT2D eigenvalue weighted by Crippen LogP contribution is 2.24. The summed E-state index contributed by atoms with van der Waals surface area (Å²) in [5.41, 5.74) is 4.41. The van der Waals surface area contributed by atoms with Gasteiger partial charge in [-0.1, -0.05) is 49.7 Å². The minimum absolute atomic E-state index is 0.222. The zero-order valence-corrected chi connectivity index (χ0v) is 15.2. The van der Waals surface area contributed by atoms with E-state index in [2.05, 4.69) is 34.4 Å². The molecule has 0 aliphatic heterocycles. The quantitative estimate of drug-likeness (QED) is 0.689. The van der Waals surface area contributed by atoms with Gasteiger partial charge in [0.1, 0.15) is 0 Å². The van der Waals surface area contributed by atoms with Crippen LogP contribution in [-0.4, -0.2) is 15.9 Å². The number of para-hydroxylation sites is 1. The molecule has 1 amide bonds. The third-order valence-corrected chi connectivity index (χ3v) is 4.05. The molecule has 0 unspecified atom stereocenters. The highest BCUT2D eigenvalue weighted by Gasteiger charge is 2.12. The predicted octanol–water partition coefficient (Wildman–Crippen LogP) is 4.90. The Hall–Kier alpha value is -3.21. The summed E-state index contributed by atoms with van der Waals surface area (Å²) in [4.78, 5) is 21.0. The summed E-state index contributed by atoms with van der Waals surface area (Å²) >= 11 is 0. The van der Waals surface area contributed by atoms with E-state index in [0.29, 0.717) is 17.4 Å². The molecule has 0 bridgehead atoms. The number of carbonyl (C=O) groups excluding carboxylic acids is 1. The van der Waals surface area contributed by atoms with Crippen LogP contribution in [0.15, 0.2) is 60.9 Å². The van der Waals surface area contributed by atoms with Crippen molar-refractivity contribution < 1.29 is 4.79 Å². The van der Waals surface area contributed by atoms with Crippen LogP contribution in [0.25, 0.3) is 0 Å². The van der Waals surface area contributed by atoms with Gasteiger partial charge >= 0.3 is 0 Å². The van der Waals surface area contributed by atoms with Crippen LogP contribution >= 0.6 is 0 Å². The van der Waals surface area contributed by atoms with Gasteiger partial charge in [-0.3, -0.25) is 4.79 Å². The van der Waals surface area contributed by atoms with Crippen LogP contribution in [0.3, 0.4) is 0 Å². The Morgan fingerprint density at radius 3 is 2.27 bits per heavy atom. The molecule has 0 atom stereocenters. The molecule has 0 aliphatic carbocycles. The van der Waals surface area contributed by atoms with E-state index in [9.17, 15) is 4.79 Å². The van der Waals surface area contributed by atoms with Crippen molar-refractivity contribution in [3.63, 3.8) is 0 Å². The number of amides is 1. The lowest BCUT2D eigenvalue weighted by Crippen LogP contribution is -2.14. The molecule has 0 saturated carbocycles. The van der Waals surface area contributed by atoms with E-state index in [1.165, 1.54) is 18.0 Å². The summed E-state index contributed by atoms with van der Waals surface area (Å²) < 4.78 is 0. The van der Waals surface area contributed by atoms with E-state index in [1.807, 2.05) is 55.5 Å². The second-order valence-electron chi connectivity index (χ2n) is 6.48. The summed E-state index contributed by atoms with van der Waals surface area (Å²) in [7, 11) is 0. The molecule has 1 heterocycles. The maximum Gasteiger partial charge on any atom is 0.258 e. The van der Waals surface area contributed by atoms with E-state index in [4.69, 9.17) is 0 Å². The van der Waals surface area contributed by atoms with Gasteiger partial charge in [0, 0.05) is 23.8 Å². The van der Waals surface area contributed by atoms with Gasteiger partial charge in [0.25, 0.3) is 5.91 Å². The van der Waals surface area contributed by atoms with E-state index >= 15 is 0 Å². The molecular weight excluding hydrogens is 324 g/mol. The Morgan fingerprint density at radius 1 is 0.962 bits per heavy atom. The third-order valence-electron chi connectivity index (χ3n) is 4.05. The first-order valence-electron chi connectivity index (χ1n) is 8.59. The molecule has 0 saturated heterocycles. The van der Waals surface area contributed by atoms with E-state index < -0.39 is 0 Å². The normalized spacial score (nSPS) is 10.6. The molecule has 0 radical (unpaired) electrons. The lowest BCUT2D eigenvalue weighted by atomic mass is 10.0. The molecule has 132 valence electrons. The average Bonchev–Trinajstić information content (AvgIpc) is 2.64. The van der Waals surface area contributed by atoms with Gasteiger partial charge in [-0.2, -0.15) is 0 Å². The maximum atomic E-state index is 12.5. The lowest BCUT2D eigenvalue weighted by Gasteiger charge is -2.13. The van der Waals surface area contributed by atoms with E-state index in [1.54, 1.807) is 0 Å². The van der Waals surface area contributed by atoms with E-state index in [0.717, 1.165) is 16.9 Å². The summed E-state index contributed by atoms with van der Waals surface area (Å²) in [6.07, 6.45) is 3.05. The number of hydrogen-bond acceptors (Lipinski definition) is 4. The predicted molar refractivity (Wildman–Crippen MR) is 105 cm³/mol. The first-order chi connectivity index (χ1) is 12.5. The lowest BCUT2D eigenvalue weighted by molar-refractivity contribution is 0.102. The number of anilines is 3.